The van der Waals surface area contributed by atoms with Gasteiger partial charge in [0.15, 0.2) is 0 Å². The van der Waals surface area contributed by atoms with E-state index in [4.69, 9.17) is 5.73 Å². The van der Waals surface area contributed by atoms with Crippen LogP contribution in [-0.2, 0) is 10.3 Å². The molecule has 5 nitrogen and oxygen atoms in total. The SMILES string of the molecule is CC(C)(C)n1cc(NC(=O)C2CC3CCCC(C2)C3N)cn1.Cl. The topological polar surface area (TPSA) is 72.9 Å². The van der Waals surface area contributed by atoms with Crippen molar-refractivity contribution in [2.24, 2.45) is 23.5 Å². The van der Waals surface area contributed by atoms with Gasteiger partial charge in [0, 0.05) is 18.2 Å². The summed E-state index contributed by atoms with van der Waals surface area (Å²) in [5, 5.41) is 7.38. The molecule has 2 fully saturated rings. The number of aromatic nitrogens is 2. The van der Waals surface area contributed by atoms with Gasteiger partial charge >= 0.3 is 0 Å². The fourth-order valence-corrected chi connectivity index (χ4v) is 4.00. The lowest BCUT2D eigenvalue weighted by Gasteiger charge is -2.43. The van der Waals surface area contributed by atoms with Gasteiger partial charge in [-0.3, -0.25) is 9.48 Å². The minimum absolute atomic E-state index is 0. The number of anilines is 1. The number of hydrogen-bond donors (Lipinski definition) is 2. The Hall–Kier alpha value is -1.07. The Balaban J connectivity index is 0.00000192. The highest BCUT2D eigenvalue weighted by atomic mass is 35.5. The molecule has 0 saturated heterocycles. The second kappa shape index (κ2) is 6.81. The highest BCUT2D eigenvalue weighted by Crippen LogP contribution is 2.42. The number of fused-ring (bicyclic) bond motifs is 2. The molecule has 23 heavy (non-hydrogen) atoms. The van der Waals surface area contributed by atoms with Crippen molar-refractivity contribution in [3.8, 4) is 0 Å². The van der Waals surface area contributed by atoms with E-state index in [1.165, 1.54) is 19.3 Å². The third-order valence-electron chi connectivity index (χ3n) is 5.32. The van der Waals surface area contributed by atoms with Crippen molar-refractivity contribution in [3.05, 3.63) is 12.4 Å². The van der Waals surface area contributed by atoms with E-state index >= 15 is 0 Å². The van der Waals surface area contributed by atoms with Crippen LogP contribution in [0.2, 0.25) is 0 Å². The van der Waals surface area contributed by atoms with Crippen molar-refractivity contribution in [2.45, 2.75) is 64.5 Å². The number of carbonyl (C=O) groups is 1. The second-order valence-corrected chi connectivity index (χ2v) is 8.03. The Labute approximate surface area is 144 Å². The van der Waals surface area contributed by atoms with E-state index in [2.05, 4.69) is 31.2 Å². The molecule has 1 amide bonds. The minimum Gasteiger partial charge on any atom is -0.327 e. The summed E-state index contributed by atoms with van der Waals surface area (Å²) < 4.78 is 1.88. The van der Waals surface area contributed by atoms with Crippen LogP contribution in [0, 0.1) is 17.8 Å². The molecule has 0 aliphatic heterocycles. The Morgan fingerprint density at radius 1 is 1.30 bits per heavy atom. The van der Waals surface area contributed by atoms with E-state index in [9.17, 15) is 4.79 Å². The minimum atomic E-state index is -0.0718. The van der Waals surface area contributed by atoms with E-state index in [-0.39, 0.29) is 29.8 Å². The maximum Gasteiger partial charge on any atom is 0.227 e. The van der Waals surface area contributed by atoms with Crippen LogP contribution in [0.3, 0.4) is 0 Å². The molecule has 2 saturated carbocycles. The van der Waals surface area contributed by atoms with Crippen LogP contribution >= 0.6 is 12.4 Å². The number of nitrogens with zero attached hydrogens (tertiary/aromatic N) is 2. The first-order valence-corrected chi connectivity index (χ1v) is 8.46. The Bertz CT molecular complexity index is 537. The molecule has 2 unspecified atom stereocenters. The quantitative estimate of drug-likeness (QED) is 0.868. The summed E-state index contributed by atoms with van der Waals surface area (Å²) in [7, 11) is 0. The number of halogens is 1. The van der Waals surface area contributed by atoms with E-state index in [0.29, 0.717) is 17.9 Å². The predicted molar refractivity (Wildman–Crippen MR) is 94.6 cm³/mol. The highest BCUT2D eigenvalue weighted by molar-refractivity contribution is 5.92. The van der Waals surface area contributed by atoms with Gasteiger partial charge in [0.25, 0.3) is 0 Å². The molecule has 3 rings (SSSR count). The summed E-state index contributed by atoms with van der Waals surface area (Å²) in [6.45, 7) is 6.28. The Morgan fingerprint density at radius 2 is 1.91 bits per heavy atom. The van der Waals surface area contributed by atoms with Gasteiger partial charge in [0.2, 0.25) is 5.91 Å². The molecule has 3 N–H and O–H groups in total. The third-order valence-corrected chi connectivity index (χ3v) is 5.32. The molecule has 2 atom stereocenters. The van der Waals surface area contributed by atoms with E-state index in [1.54, 1.807) is 6.20 Å². The van der Waals surface area contributed by atoms with Crippen LogP contribution in [0.25, 0.3) is 0 Å². The average molecular weight is 341 g/mol. The number of nitrogens with two attached hydrogens (primary N) is 1. The lowest BCUT2D eigenvalue weighted by atomic mass is 9.65. The zero-order valence-electron chi connectivity index (χ0n) is 14.3. The first-order chi connectivity index (χ1) is 10.3. The van der Waals surface area contributed by atoms with Crippen LogP contribution in [0.15, 0.2) is 12.4 Å². The van der Waals surface area contributed by atoms with Crippen molar-refractivity contribution in [3.63, 3.8) is 0 Å². The first-order valence-electron chi connectivity index (χ1n) is 8.46. The number of nitrogens with one attached hydrogen (secondary N) is 1. The van der Waals surface area contributed by atoms with Gasteiger partial charge in [0.05, 0.1) is 17.4 Å². The summed E-state index contributed by atoms with van der Waals surface area (Å²) in [5.74, 6) is 1.30. The van der Waals surface area contributed by atoms with E-state index < -0.39 is 0 Å². The fraction of sp³-hybridized carbons (Fsp3) is 0.765. The first kappa shape index (κ1) is 18.3. The molecule has 0 aromatic carbocycles. The molecular formula is C17H29ClN4O. The maximum absolute atomic E-state index is 12.6. The monoisotopic (exact) mass is 340 g/mol. The van der Waals surface area contributed by atoms with Crippen molar-refractivity contribution in [1.82, 2.24) is 9.78 Å². The highest BCUT2D eigenvalue weighted by Gasteiger charge is 2.40. The van der Waals surface area contributed by atoms with Crippen LogP contribution < -0.4 is 11.1 Å². The van der Waals surface area contributed by atoms with Crippen molar-refractivity contribution < 1.29 is 4.79 Å². The van der Waals surface area contributed by atoms with Crippen LogP contribution in [0.1, 0.15) is 52.9 Å². The normalized spacial score (nSPS) is 30.4. The van der Waals surface area contributed by atoms with Gasteiger partial charge in [-0.05, 0) is 58.3 Å². The second-order valence-electron chi connectivity index (χ2n) is 8.03. The molecule has 2 bridgehead atoms. The van der Waals surface area contributed by atoms with Gasteiger partial charge in [-0.1, -0.05) is 6.42 Å². The number of rotatable bonds is 2. The van der Waals surface area contributed by atoms with Crippen LogP contribution in [0.4, 0.5) is 5.69 Å². The lowest BCUT2D eigenvalue weighted by Crippen LogP contribution is -2.48. The molecule has 1 aromatic heterocycles. The van der Waals surface area contributed by atoms with Crippen molar-refractivity contribution in [2.75, 3.05) is 5.32 Å². The molecule has 130 valence electrons. The Morgan fingerprint density at radius 3 is 2.43 bits per heavy atom. The van der Waals surface area contributed by atoms with Crippen LogP contribution in [-0.4, -0.2) is 21.7 Å². The predicted octanol–water partition coefficient (Wildman–Crippen LogP) is 3.15. The molecule has 1 heterocycles. The summed E-state index contributed by atoms with van der Waals surface area (Å²) in [6.07, 6.45) is 9.17. The van der Waals surface area contributed by atoms with Gasteiger partial charge in [-0.2, -0.15) is 5.10 Å². The number of hydrogen-bond acceptors (Lipinski definition) is 3. The summed E-state index contributed by atoms with van der Waals surface area (Å²) in [4.78, 5) is 12.6. The summed E-state index contributed by atoms with van der Waals surface area (Å²) >= 11 is 0. The number of amides is 1. The zero-order chi connectivity index (χ0) is 15.9. The zero-order valence-corrected chi connectivity index (χ0v) is 15.1. The Kier molecular flexibility index (Phi) is 5.41. The van der Waals surface area contributed by atoms with Gasteiger partial charge in [-0.15, -0.1) is 12.4 Å². The average Bonchev–Trinajstić information content (AvgIpc) is 2.86. The standard InChI is InChI=1S/C17H28N4O.ClH/c1-17(2,3)21-10-14(9-19-21)20-16(22)13-7-11-5-4-6-12(8-13)15(11)18;/h9-13,15H,4-8,18H2,1-3H3,(H,20,22);1H. The molecule has 0 radical (unpaired) electrons. The summed E-state index contributed by atoms with van der Waals surface area (Å²) in [6, 6.07) is 0.307. The largest absolute Gasteiger partial charge is 0.327 e. The van der Waals surface area contributed by atoms with Crippen molar-refractivity contribution >= 4 is 24.0 Å². The van der Waals surface area contributed by atoms with E-state index in [0.717, 1.165) is 18.5 Å². The van der Waals surface area contributed by atoms with Gasteiger partial charge < -0.3 is 11.1 Å². The lowest BCUT2D eigenvalue weighted by molar-refractivity contribution is -0.122. The molecular weight excluding hydrogens is 312 g/mol. The molecule has 0 spiro atoms. The third kappa shape index (κ3) is 3.89. The maximum atomic E-state index is 12.6. The van der Waals surface area contributed by atoms with Gasteiger partial charge in [0.1, 0.15) is 0 Å². The van der Waals surface area contributed by atoms with Crippen LogP contribution in [0.5, 0.6) is 0 Å². The summed E-state index contributed by atoms with van der Waals surface area (Å²) in [5.41, 5.74) is 7.03. The smallest absolute Gasteiger partial charge is 0.227 e. The fourth-order valence-electron chi connectivity index (χ4n) is 4.00. The molecule has 2 aliphatic rings. The molecule has 2 aliphatic carbocycles. The van der Waals surface area contributed by atoms with Crippen molar-refractivity contribution in [1.29, 1.82) is 0 Å². The molecule has 1 aromatic rings. The van der Waals surface area contributed by atoms with Gasteiger partial charge in [-0.25, -0.2) is 0 Å². The molecule has 6 heteroatoms. The number of carbonyl (C=O) groups excluding carboxylic acids is 1. The van der Waals surface area contributed by atoms with E-state index in [1.807, 2.05) is 10.9 Å².